The first-order valence-electron chi connectivity index (χ1n) is 11.4. The second kappa shape index (κ2) is 11.1. The fourth-order valence-electron chi connectivity index (χ4n) is 4.91. The average molecular weight is 463 g/mol. The van der Waals surface area contributed by atoms with Crippen LogP contribution in [0.3, 0.4) is 0 Å². The maximum Gasteiger partial charge on any atom is 0.412 e. The molecular weight excluding hydrogens is 428 g/mol. The number of amides is 1. The average Bonchev–Trinajstić information content (AvgIpc) is 2.72. The van der Waals surface area contributed by atoms with Gasteiger partial charge in [-0.1, -0.05) is 6.08 Å². The molecule has 1 aliphatic heterocycles. The molecule has 2 fully saturated rings. The minimum absolute atomic E-state index is 0.0831. The summed E-state index contributed by atoms with van der Waals surface area (Å²) in [7, 11) is 0. The zero-order chi connectivity index (χ0) is 23.3. The van der Waals surface area contributed by atoms with Gasteiger partial charge in [0.1, 0.15) is 12.1 Å². The number of halogens is 4. The number of carbonyl (C=O) groups is 1. The molecule has 4 N–H and O–H groups in total. The number of alkyl halides is 3. The highest BCUT2D eigenvalue weighted by atomic mass is 19.4. The molecular formula is C22H34F4N4O2. The molecule has 1 saturated carbocycles. The van der Waals surface area contributed by atoms with Crippen molar-refractivity contribution in [2.45, 2.75) is 69.4 Å². The van der Waals surface area contributed by atoms with Crippen LogP contribution in [-0.2, 0) is 4.79 Å². The molecule has 6 nitrogen and oxygen atoms in total. The van der Waals surface area contributed by atoms with Crippen molar-refractivity contribution in [2.24, 2.45) is 11.7 Å². The lowest BCUT2D eigenvalue weighted by atomic mass is 9.84. The Hall–Kier alpha value is -1.49. The van der Waals surface area contributed by atoms with Crippen molar-refractivity contribution >= 4 is 5.91 Å². The molecule has 0 bridgehead atoms. The van der Waals surface area contributed by atoms with E-state index in [2.05, 4.69) is 10.2 Å². The molecule has 3 rings (SSSR count). The van der Waals surface area contributed by atoms with Crippen molar-refractivity contribution in [1.82, 2.24) is 15.1 Å². The number of allylic oxidation sites excluding steroid dienone is 2. The molecule has 1 heterocycles. The van der Waals surface area contributed by atoms with Crippen LogP contribution in [0.25, 0.3) is 0 Å². The van der Waals surface area contributed by atoms with Gasteiger partial charge in [-0.25, -0.2) is 4.39 Å². The van der Waals surface area contributed by atoms with E-state index < -0.39 is 29.8 Å². The number of hydrogen-bond acceptors (Lipinski definition) is 5. The second-order valence-corrected chi connectivity index (χ2v) is 9.18. The molecule has 2 unspecified atom stereocenters. The van der Waals surface area contributed by atoms with Crippen LogP contribution in [0.4, 0.5) is 17.6 Å². The number of nitrogens with zero attached hydrogens (tertiary/aromatic N) is 2. The van der Waals surface area contributed by atoms with E-state index >= 15 is 0 Å². The van der Waals surface area contributed by atoms with Crippen LogP contribution >= 0.6 is 0 Å². The van der Waals surface area contributed by atoms with Crippen molar-refractivity contribution in [3.63, 3.8) is 0 Å². The first-order valence-corrected chi connectivity index (χ1v) is 11.4. The van der Waals surface area contributed by atoms with E-state index in [1.54, 1.807) is 0 Å². The highest BCUT2D eigenvalue weighted by molar-refractivity contribution is 5.76. The van der Waals surface area contributed by atoms with Gasteiger partial charge < -0.3 is 21.1 Å². The largest absolute Gasteiger partial charge is 0.412 e. The van der Waals surface area contributed by atoms with E-state index in [1.807, 2.05) is 4.90 Å². The Balaban J connectivity index is 1.35. The van der Waals surface area contributed by atoms with E-state index in [0.29, 0.717) is 19.0 Å². The normalized spacial score (nSPS) is 29.2. The molecule has 1 amide bonds. The van der Waals surface area contributed by atoms with E-state index in [0.717, 1.165) is 63.9 Å². The summed E-state index contributed by atoms with van der Waals surface area (Å²) in [5.74, 6) is -0.126. The van der Waals surface area contributed by atoms with Crippen molar-refractivity contribution in [1.29, 1.82) is 0 Å². The van der Waals surface area contributed by atoms with Crippen LogP contribution in [0.1, 0.15) is 44.9 Å². The predicted molar refractivity (Wildman–Crippen MR) is 113 cm³/mol. The number of aliphatic hydroxyl groups is 1. The topological polar surface area (TPSA) is 81.8 Å². The summed E-state index contributed by atoms with van der Waals surface area (Å²) < 4.78 is 53.2. The highest BCUT2D eigenvalue weighted by Crippen LogP contribution is 2.35. The molecule has 2 aliphatic carbocycles. The van der Waals surface area contributed by atoms with Gasteiger partial charge in [0.05, 0.1) is 12.5 Å². The number of hydrogen-bond donors (Lipinski definition) is 3. The molecule has 3 aliphatic rings. The monoisotopic (exact) mass is 462 g/mol. The quantitative estimate of drug-likeness (QED) is 0.400. The smallest absolute Gasteiger partial charge is 0.378 e. The van der Waals surface area contributed by atoms with Crippen LogP contribution in [0.2, 0.25) is 0 Å². The maximum absolute atomic E-state index is 14.2. The molecule has 0 spiro atoms. The fourth-order valence-corrected chi connectivity index (χ4v) is 4.91. The zero-order valence-corrected chi connectivity index (χ0v) is 18.3. The molecule has 10 heteroatoms. The molecule has 1 saturated heterocycles. The van der Waals surface area contributed by atoms with Gasteiger partial charge in [-0.05, 0) is 57.1 Å². The second-order valence-electron chi connectivity index (χ2n) is 9.18. The molecule has 0 aromatic carbocycles. The lowest BCUT2D eigenvalue weighted by Gasteiger charge is -2.40. The minimum atomic E-state index is -4.41. The number of piperazine rings is 1. The summed E-state index contributed by atoms with van der Waals surface area (Å²) >= 11 is 0. The van der Waals surface area contributed by atoms with Crippen LogP contribution in [-0.4, -0.2) is 78.0 Å². The van der Waals surface area contributed by atoms with E-state index in [4.69, 9.17) is 10.8 Å². The standard InChI is InChI=1S/C22H34F4N4O2/c23-18-6-3-16(22(24,25)26)13-19(18)30-11-9-29(10-12-30)8-7-15-1-4-17(5-2-15)28-21(32)14-20(27)31/h3,6,15,17,19-20,31H,1-2,4-5,7-14,27H2,(H,28,32). The number of nitrogens with one attached hydrogen (secondary N) is 1. The predicted octanol–water partition coefficient (Wildman–Crippen LogP) is 2.45. The van der Waals surface area contributed by atoms with Crippen molar-refractivity contribution < 1.29 is 27.5 Å². The van der Waals surface area contributed by atoms with E-state index in [-0.39, 0.29) is 24.8 Å². The summed E-state index contributed by atoms with van der Waals surface area (Å²) in [6.07, 6.45) is 0.786. The van der Waals surface area contributed by atoms with Gasteiger partial charge in [-0.15, -0.1) is 0 Å². The van der Waals surface area contributed by atoms with Crippen molar-refractivity contribution in [3.8, 4) is 0 Å². The third kappa shape index (κ3) is 7.26. The molecule has 0 aromatic rings. The Morgan fingerprint density at radius 2 is 1.81 bits per heavy atom. The van der Waals surface area contributed by atoms with Gasteiger partial charge in [0.25, 0.3) is 0 Å². The van der Waals surface area contributed by atoms with E-state index in [9.17, 15) is 22.4 Å². The summed E-state index contributed by atoms with van der Waals surface area (Å²) in [6.45, 7) is 3.49. The Morgan fingerprint density at radius 3 is 2.41 bits per heavy atom. The van der Waals surface area contributed by atoms with Gasteiger partial charge in [0.2, 0.25) is 5.91 Å². The third-order valence-corrected chi connectivity index (χ3v) is 6.85. The molecule has 0 aromatic heterocycles. The van der Waals surface area contributed by atoms with E-state index in [1.165, 1.54) is 0 Å². The number of rotatable bonds is 7. The van der Waals surface area contributed by atoms with Crippen LogP contribution in [0.5, 0.6) is 0 Å². The van der Waals surface area contributed by atoms with Gasteiger partial charge in [0.15, 0.2) is 0 Å². The Kier molecular flexibility index (Phi) is 8.71. The first-order chi connectivity index (χ1) is 15.1. The van der Waals surface area contributed by atoms with Gasteiger partial charge in [-0.3, -0.25) is 9.69 Å². The van der Waals surface area contributed by atoms with Gasteiger partial charge >= 0.3 is 6.18 Å². The Morgan fingerprint density at radius 1 is 1.16 bits per heavy atom. The van der Waals surface area contributed by atoms with Crippen LogP contribution < -0.4 is 11.1 Å². The fraction of sp³-hybridized carbons (Fsp3) is 0.773. The lowest BCUT2D eigenvalue weighted by Crippen LogP contribution is -2.51. The summed E-state index contributed by atoms with van der Waals surface area (Å²) in [6, 6.07) is -0.681. The summed E-state index contributed by atoms with van der Waals surface area (Å²) in [4.78, 5) is 15.8. The number of nitrogens with two attached hydrogens (primary N) is 1. The molecule has 2 atom stereocenters. The maximum atomic E-state index is 14.2. The Labute approximate surface area is 186 Å². The van der Waals surface area contributed by atoms with Crippen molar-refractivity contribution in [3.05, 3.63) is 23.6 Å². The van der Waals surface area contributed by atoms with Gasteiger partial charge in [0, 0.05) is 37.8 Å². The Bertz CT molecular complexity index is 695. The van der Waals surface area contributed by atoms with Crippen LogP contribution in [0, 0.1) is 5.92 Å². The molecule has 32 heavy (non-hydrogen) atoms. The number of carbonyl (C=O) groups excluding carboxylic acids is 1. The van der Waals surface area contributed by atoms with Crippen LogP contribution in [0.15, 0.2) is 23.6 Å². The lowest BCUT2D eigenvalue weighted by molar-refractivity contribution is -0.123. The SMILES string of the molecule is NC(O)CC(=O)NC1CCC(CCN2CCN(C3CC(C(F)(F)F)=CC=C3F)CC2)CC1. The zero-order valence-electron chi connectivity index (χ0n) is 18.3. The summed E-state index contributed by atoms with van der Waals surface area (Å²) in [5.41, 5.74) is 4.56. The third-order valence-electron chi connectivity index (χ3n) is 6.85. The summed E-state index contributed by atoms with van der Waals surface area (Å²) in [5, 5.41) is 12.0. The highest BCUT2D eigenvalue weighted by Gasteiger charge is 2.39. The molecule has 182 valence electrons. The first kappa shape index (κ1) is 25.1. The minimum Gasteiger partial charge on any atom is -0.378 e. The molecule has 0 radical (unpaired) electrons. The van der Waals surface area contributed by atoms with Crippen molar-refractivity contribution in [2.75, 3.05) is 32.7 Å². The van der Waals surface area contributed by atoms with Gasteiger partial charge in [-0.2, -0.15) is 13.2 Å². The number of aliphatic hydroxyl groups excluding tert-OH is 1.